The maximum Gasteiger partial charge on any atom is 0.272 e. The topological polar surface area (TPSA) is 70.1 Å². The van der Waals surface area contributed by atoms with Crippen LogP contribution in [-0.4, -0.2) is 22.1 Å². The molecule has 2 aromatic carbocycles. The van der Waals surface area contributed by atoms with Gasteiger partial charge in [-0.15, -0.1) is 0 Å². The number of hydrogen-bond donors (Lipinski definition) is 2. The second-order valence-corrected chi connectivity index (χ2v) is 5.82. The van der Waals surface area contributed by atoms with E-state index in [-0.39, 0.29) is 5.91 Å². The smallest absolute Gasteiger partial charge is 0.272 e. The maximum absolute atomic E-state index is 12.5. The van der Waals surface area contributed by atoms with Gasteiger partial charge >= 0.3 is 0 Å². The average Bonchev–Trinajstić information content (AvgIpc) is 3.04. The molecule has 0 radical (unpaired) electrons. The molecule has 25 heavy (non-hydrogen) atoms. The van der Waals surface area contributed by atoms with E-state index in [1.165, 1.54) is 0 Å². The second-order valence-electron chi connectivity index (χ2n) is 5.82. The van der Waals surface area contributed by atoms with Crippen LogP contribution >= 0.6 is 0 Å². The van der Waals surface area contributed by atoms with Gasteiger partial charge in [0.1, 0.15) is 0 Å². The first kappa shape index (κ1) is 15.1. The number of hydrazone groups is 1. The van der Waals surface area contributed by atoms with Gasteiger partial charge in [0.05, 0.1) is 17.3 Å². The summed E-state index contributed by atoms with van der Waals surface area (Å²) in [5.41, 5.74) is 6.73. The maximum atomic E-state index is 12.5. The van der Waals surface area contributed by atoms with Gasteiger partial charge in [-0.3, -0.25) is 9.78 Å². The Morgan fingerprint density at radius 2 is 1.88 bits per heavy atom. The Labute approximate surface area is 144 Å². The number of para-hydroxylation sites is 2. The van der Waals surface area contributed by atoms with Gasteiger partial charge in [-0.2, -0.15) is 5.10 Å². The van der Waals surface area contributed by atoms with E-state index in [2.05, 4.69) is 20.5 Å². The van der Waals surface area contributed by atoms with Crippen LogP contribution in [0, 0.1) is 6.92 Å². The van der Waals surface area contributed by atoms with Gasteiger partial charge in [-0.25, -0.2) is 5.43 Å². The predicted octanol–water partition coefficient (Wildman–Crippen LogP) is 3.79. The molecule has 0 unspecified atom stereocenters. The van der Waals surface area contributed by atoms with E-state index in [9.17, 15) is 4.79 Å². The van der Waals surface area contributed by atoms with E-state index in [1.54, 1.807) is 12.3 Å². The van der Waals surface area contributed by atoms with Gasteiger partial charge in [-0.05, 0) is 25.1 Å². The molecule has 4 rings (SSSR count). The summed E-state index contributed by atoms with van der Waals surface area (Å²) in [6.45, 7) is 1.87. The highest BCUT2D eigenvalue weighted by molar-refractivity contribution is 6.06. The van der Waals surface area contributed by atoms with Crippen molar-refractivity contribution in [2.45, 2.75) is 6.92 Å². The third-order valence-corrected chi connectivity index (χ3v) is 4.08. The summed E-state index contributed by atoms with van der Waals surface area (Å²) in [6.07, 6.45) is 3.51. The fourth-order valence-corrected chi connectivity index (χ4v) is 2.92. The van der Waals surface area contributed by atoms with Crippen LogP contribution < -0.4 is 5.43 Å². The number of pyridine rings is 1. The zero-order valence-electron chi connectivity index (χ0n) is 13.7. The summed E-state index contributed by atoms with van der Waals surface area (Å²) in [5.74, 6) is -0.252. The lowest BCUT2D eigenvalue weighted by atomic mass is 10.1. The molecule has 2 heterocycles. The van der Waals surface area contributed by atoms with Crippen molar-refractivity contribution in [1.82, 2.24) is 15.4 Å². The van der Waals surface area contributed by atoms with Crippen molar-refractivity contribution < 1.29 is 4.79 Å². The number of fused-ring (bicyclic) bond motifs is 2. The Morgan fingerprint density at radius 1 is 1.12 bits per heavy atom. The number of nitrogens with zero attached hydrogens (tertiary/aromatic N) is 2. The van der Waals surface area contributed by atoms with E-state index >= 15 is 0 Å². The van der Waals surface area contributed by atoms with Crippen LogP contribution in [0.15, 0.2) is 65.9 Å². The summed E-state index contributed by atoms with van der Waals surface area (Å²) >= 11 is 0. The fraction of sp³-hybridized carbons (Fsp3) is 0.0500. The van der Waals surface area contributed by atoms with Gasteiger partial charge in [0, 0.05) is 33.7 Å². The Morgan fingerprint density at radius 3 is 2.76 bits per heavy atom. The number of amides is 1. The standard InChI is InChI=1S/C20H16N4O/c1-13-10-17(16-7-3-5-9-19(16)23-13)20(25)24-22-12-14-11-21-18-8-4-2-6-15(14)18/h2-12,21H,1H3,(H,24,25). The molecule has 0 spiro atoms. The number of carbonyl (C=O) groups excluding carboxylic acids is 1. The van der Waals surface area contributed by atoms with E-state index in [1.807, 2.05) is 61.7 Å². The van der Waals surface area contributed by atoms with Crippen LogP contribution in [0.2, 0.25) is 0 Å². The SMILES string of the molecule is Cc1cc(C(=O)NN=Cc2c[nH]c3ccccc23)c2ccccc2n1. The Kier molecular flexibility index (Phi) is 3.74. The number of carbonyl (C=O) groups is 1. The molecule has 0 saturated carbocycles. The van der Waals surface area contributed by atoms with Crippen molar-refractivity contribution in [2.75, 3.05) is 0 Å². The molecule has 1 amide bonds. The molecule has 5 heteroatoms. The van der Waals surface area contributed by atoms with Gasteiger partial charge < -0.3 is 4.98 Å². The summed E-state index contributed by atoms with van der Waals surface area (Å²) < 4.78 is 0. The van der Waals surface area contributed by atoms with Gasteiger partial charge in [0.15, 0.2) is 0 Å². The molecule has 0 aliphatic carbocycles. The molecular formula is C20H16N4O. The molecule has 0 aliphatic rings. The molecule has 4 aromatic rings. The van der Waals surface area contributed by atoms with Crippen LogP contribution in [0.3, 0.4) is 0 Å². The number of rotatable bonds is 3. The normalized spacial score (nSPS) is 11.4. The van der Waals surface area contributed by atoms with Crippen molar-refractivity contribution in [1.29, 1.82) is 0 Å². The number of aromatic amines is 1. The molecule has 0 aliphatic heterocycles. The largest absolute Gasteiger partial charge is 0.361 e. The minimum absolute atomic E-state index is 0.252. The number of nitrogens with one attached hydrogen (secondary N) is 2. The highest BCUT2D eigenvalue weighted by Gasteiger charge is 2.11. The Balaban J connectivity index is 1.60. The molecule has 0 atom stereocenters. The lowest BCUT2D eigenvalue weighted by Gasteiger charge is -2.06. The number of H-pyrrole nitrogens is 1. The van der Waals surface area contributed by atoms with E-state index < -0.39 is 0 Å². The fourth-order valence-electron chi connectivity index (χ4n) is 2.92. The van der Waals surface area contributed by atoms with Crippen LogP contribution in [0.25, 0.3) is 21.8 Å². The molecule has 122 valence electrons. The van der Waals surface area contributed by atoms with E-state index in [0.29, 0.717) is 5.56 Å². The number of hydrogen-bond acceptors (Lipinski definition) is 3. The highest BCUT2D eigenvalue weighted by Crippen LogP contribution is 2.18. The van der Waals surface area contributed by atoms with Crippen molar-refractivity contribution in [2.24, 2.45) is 5.10 Å². The quantitative estimate of drug-likeness (QED) is 0.444. The predicted molar refractivity (Wildman–Crippen MR) is 99.8 cm³/mol. The highest BCUT2D eigenvalue weighted by atomic mass is 16.2. The molecular weight excluding hydrogens is 312 g/mol. The Hall–Kier alpha value is -3.47. The first-order chi connectivity index (χ1) is 12.2. The third-order valence-electron chi connectivity index (χ3n) is 4.08. The van der Waals surface area contributed by atoms with Crippen LogP contribution in [0.1, 0.15) is 21.6 Å². The van der Waals surface area contributed by atoms with E-state index in [0.717, 1.165) is 33.1 Å². The van der Waals surface area contributed by atoms with Crippen molar-refractivity contribution in [3.8, 4) is 0 Å². The zero-order valence-corrected chi connectivity index (χ0v) is 13.7. The minimum atomic E-state index is -0.252. The van der Waals surface area contributed by atoms with Gasteiger partial charge in [0.2, 0.25) is 0 Å². The number of benzene rings is 2. The molecule has 0 bridgehead atoms. The lowest BCUT2D eigenvalue weighted by Crippen LogP contribution is -2.18. The lowest BCUT2D eigenvalue weighted by molar-refractivity contribution is 0.0956. The molecule has 0 saturated heterocycles. The van der Waals surface area contributed by atoms with Gasteiger partial charge in [0.25, 0.3) is 5.91 Å². The summed E-state index contributed by atoms with van der Waals surface area (Å²) in [4.78, 5) is 20.2. The van der Waals surface area contributed by atoms with Gasteiger partial charge in [-0.1, -0.05) is 36.4 Å². The third kappa shape index (κ3) is 2.87. The van der Waals surface area contributed by atoms with Crippen LogP contribution in [-0.2, 0) is 0 Å². The molecule has 2 aromatic heterocycles. The van der Waals surface area contributed by atoms with Crippen LogP contribution in [0.4, 0.5) is 0 Å². The summed E-state index contributed by atoms with van der Waals surface area (Å²) in [7, 11) is 0. The second kappa shape index (κ2) is 6.20. The Bertz CT molecular complexity index is 1110. The molecule has 0 fully saturated rings. The minimum Gasteiger partial charge on any atom is -0.361 e. The van der Waals surface area contributed by atoms with E-state index in [4.69, 9.17) is 0 Å². The summed E-state index contributed by atoms with van der Waals surface area (Å²) in [5, 5.41) is 5.99. The van der Waals surface area contributed by atoms with Crippen molar-refractivity contribution >= 4 is 33.9 Å². The zero-order chi connectivity index (χ0) is 17.2. The number of aryl methyl sites for hydroxylation is 1. The first-order valence-electron chi connectivity index (χ1n) is 7.98. The van der Waals surface area contributed by atoms with Crippen molar-refractivity contribution in [3.05, 3.63) is 77.6 Å². The first-order valence-corrected chi connectivity index (χ1v) is 7.98. The number of aromatic nitrogens is 2. The monoisotopic (exact) mass is 328 g/mol. The van der Waals surface area contributed by atoms with Crippen molar-refractivity contribution in [3.63, 3.8) is 0 Å². The molecule has 5 nitrogen and oxygen atoms in total. The average molecular weight is 328 g/mol. The summed E-state index contributed by atoms with van der Waals surface area (Å²) in [6, 6.07) is 17.3. The van der Waals surface area contributed by atoms with Crippen LogP contribution in [0.5, 0.6) is 0 Å². The molecule has 2 N–H and O–H groups in total.